The Kier molecular flexibility index (Phi) is 4.35. The third kappa shape index (κ3) is 3.70. The fourth-order valence-corrected chi connectivity index (χ4v) is 2.78. The molecule has 1 N–H and O–H groups in total. The molecule has 106 valence electrons. The lowest BCUT2D eigenvalue weighted by Gasteiger charge is -2.22. The van der Waals surface area contributed by atoms with Crippen LogP contribution in [0.1, 0.15) is 25.7 Å². The average Bonchev–Trinajstić information content (AvgIpc) is 3.10. The molecule has 2 aliphatic rings. The molecule has 0 saturated carbocycles. The molecule has 0 amide bonds. The number of ether oxygens (including phenoxy) is 2. The largest absolute Gasteiger partial charge is 0.382 e. The van der Waals surface area contributed by atoms with Crippen molar-refractivity contribution >= 4 is 5.69 Å². The molecule has 0 aromatic carbocycles. The van der Waals surface area contributed by atoms with Crippen molar-refractivity contribution in [1.29, 1.82) is 0 Å². The van der Waals surface area contributed by atoms with E-state index >= 15 is 0 Å². The summed E-state index contributed by atoms with van der Waals surface area (Å²) in [5, 5.41) is 7.84. The summed E-state index contributed by atoms with van der Waals surface area (Å²) in [4.78, 5) is 0. The van der Waals surface area contributed by atoms with Crippen molar-refractivity contribution < 1.29 is 9.47 Å². The molecule has 1 aromatic rings. The van der Waals surface area contributed by atoms with Gasteiger partial charge in [-0.3, -0.25) is 4.68 Å². The number of aromatic nitrogens is 2. The number of rotatable bonds is 5. The number of anilines is 1. The van der Waals surface area contributed by atoms with Crippen LogP contribution in [-0.4, -0.2) is 42.2 Å². The van der Waals surface area contributed by atoms with E-state index in [0.29, 0.717) is 12.0 Å². The Hall–Kier alpha value is -1.07. The molecule has 3 heterocycles. The third-order valence-corrected chi connectivity index (χ3v) is 3.90. The Balaban J connectivity index is 1.44. The predicted molar refractivity (Wildman–Crippen MR) is 73.2 cm³/mol. The Labute approximate surface area is 114 Å². The second-order valence-electron chi connectivity index (χ2n) is 5.55. The van der Waals surface area contributed by atoms with Gasteiger partial charge in [0.15, 0.2) is 0 Å². The maximum absolute atomic E-state index is 5.62. The zero-order valence-corrected chi connectivity index (χ0v) is 11.4. The fourth-order valence-electron chi connectivity index (χ4n) is 2.78. The molecule has 2 unspecified atom stereocenters. The molecular formula is C14H23N3O2. The molecule has 5 heteroatoms. The Bertz CT molecular complexity index is 382. The second kappa shape index (κ2) is 6.39. The fraction of sp³-hybridized carbons (Fsp3) is 0.786. The van der Waals surface area contributed by atoms with Crippen LogP contribution < -0.4 is 5.32 Å². The predicted octanol–water partition coefficient (Wildman–Crippen LogP) is 1.90. The number of nitrogens with one attached hydrogen (secondary N) is 1. The topological polar surface area (TPSA) is 48.3 Å². The van der Waals surface area contributed by atoms with E-state index in [1.807, 2.05) is 10.9 Å². The number of nitrogens with zero attached hydrogens (tertiary/aromatic N) is 2. The minimum atomic E-state index is 0.347. The highest BCUT2D eigenvalue weighted by molar-refractivity contribution is 5.38. The van der Waals surface area contributed by atoms with Gasteiger partial charge in [-0.25, -0.2) is 0 Å². The standard InChI is InChI=1S/C14H23N3O2/c1-3-12(11-18-5-1)7-15-13-8-16-17(9-13)10-14-4-2-6-19-14/h8-9,12,14-15H,1-7,10-11H2. The first kappa shape index (κ1) is 12.9. The normalized spacial score (nSPS) is 27.6. The van der Waals surface area contributed by atoms with Crippen LogP contribution in [0, 0.1) is 5.92 Å². The van der Waals surface area contributed by atoms with Gasteiger partial charge in [0.2, 0.25) is 0 Å². The first-order chi connectivity index (χ1) is 9.40. The molecule has 19 heavy (non-hydrogen) atoms. The van der Waals surface area contributed by atoms with Crippen LogP contribution in [0.3, 0.4) is 0 Å². The van der Waals surface area contributed by atoms with Crippen molar-refractivity contribution in [1.82, 2.24) is 9.78 Å². The van der Waals surface area contributed by atoms with E-state index in [1.165, 1.54) is 19.3 Å². The molecule has 0 bridgehead atoms. The maximum atomic E-state index is 5.62. The van der Waals surface area contributed by atoms with Crippen molar-refractivity contribution in [3.63, 3.8) is 0 Å². The average molecular weight is 265 g/mol. The molecule has 0 aliphatic carbocycles. The van der Waals surface area contributed by atoms with Crippen molar-refractivity contribution in [2.45, 2.75) is 38.3 Å². The first-order valence-corrected chi connectivity index (χ1v) is 7.36. The lowest BCUT2D eigenvalue weighted by molar-refractivity contribution is 0.0595. The molecular weight excluding hydrogens is 242 g/mol. The minimum Gasteiger partial charge on any atom is -0.382 e. The number of hydrogen-bond donors (Lipinski definition) is 1. The summed E-state index contributed by atoms with van der Waals surface area (Å²) >= 11 is 0. The quantitative estimate of drug-likeness (QED) is 0.883. The molecule has 1 aromatic heterocycles. The molecule has 0 spiro atoms. The molecule has 2 fully saturated rings. The smallest absolute Gasteiger partial charge is 0.0771 e. The van der Waals surface area contributed by atoms with Gasteiger partial charge in [0.25, 0.3) is 0 Å². The van der Waals surface area contributed by atoms with E-state index < -0.39 is 0 Å². The zero-order chi connectivity index (χ0) is 12.9. The highest BCUT2D eigenvalue weighted by Crippen LogP contribution is 2.17. The van der Waals surface area contributed by atoms with E-state index in [2.05, 4.69) is 16.6 Å². The molecule has 5 nitrogen and oxygen atoms in total. The van der Waals surface area contributed by atoms with Gasteiger partial charge >= 0.3 is 0 Å². The number of hydrogen-bond acceptors (Lipinski definition) is 4. The third-order valence-electron chi connectivity index (χ3n) is 3.90. The summed E-state index contributed by atoms with van der Waals surface area (Å²) in [6.07, 6.45) is 9.10. The summed E-state index contributed by atoms with van der Waals surface area (Å²) in [7, 11) is 0. The van der Waals surface area contributed by atoms with Crippen molar-refractivity contribution in [2.75, 3.05) is 31.7 Å². The molecule has 3 rings (SSSR count). The molecule has 2 saturated heterocycles. The van der Waals surface area contributed by atoms with Crippen LogP contribution in [0.4, 0.5) is 5.69 Å². The maximum Gasteiger partial charge on any atom is 0.0771 e. The monoisotopic (exact) mass is 265 g/mol. The van der Waals surface area contributed by atoms with E-state index in [9.17, 15) is 0 Å². The van der Waals surface area contributed by atoms with E-state index in [-0.39, 0.29) is 0 Å². The lowest BCUT2D eigenvalue weighted by atomic mass is 10.0. The van der Waals surface area contributed by atoms with Crippen LogP contribution in [0.2, 0.25) is 0 Å². The Morgan fingerprint density at radius 1 is 1.32 bits per heavy atom. The highest BCUT2D eigenvalue weighted by Gasteiger charge is 2.17. The summed E-state index contributed by atoms with van der Waals surface area (Å²) in [6, 6.07) is 0. The van der Waals surface area contributed by atoms with Crippen LogP contribution in [0.15, 0.2) is 12.4 Å². The summed E-state index contributed by atoms with van der Waals surface area (Å²) in [5.41, 5.74) is 1.10. The molecule has 2 atom stereocenters. The molecule has 2 aliphatic heterocycles. The minimum absolute atomic E-state index is 0.347. The lowest BCUT2D eigenvalue weighted by Crippen LogP contribution is -2.24. The second-order valence-corrected chi connectivity index (χ2v) is 5.55. The highest BCUT2D eigenvalue weighted by atomic mass is 16.5. The van der Waals surface area contributed by atoms with Crippen molar-refractivity contribution in [3.8, 4) is 0 Å². The molecule has 0 radical (unpaired) electrons. The summed E-state index contributed by atoms with van der Waals surface area (Å²) < 4.78 is 13.1. The SMILES string of the molecule is c1nn(CC2CCCO2)cc1NCC1CCCOC1. The van der Waals surface area contributed by atoms with Crippen LogP contribution in [-0.2, 0) is 16.0 Å². The van der Waals surface area contributed by atoms with Crippen LogP contribution >= 0.6 is 0 Å². The van der Waals surface area contributed by atoms with Gasteiger partial charge in [-0.1, -0.05) is 0 Å². The van der Waals surface area contributed by atoms with Gasteiger partial charge in [0.1, 0.15) is 0 Å². The van der Waals surface area contributed by atoms with E-state index in [0.717, 1.165) is 45.0 Å². The van der Waals surface area contributed by atoms with Gasteiger partial charge in [0, 0.05) is 26.0 Å². The van der Waals surface area contributed by atoms with E-state index in [4.69, 9.17) is 9.47 Å². The Morgan fingerprint density at radius 3 is 3.05 bits per heavy atom. The van der Waals surface area contributed by atoms with Gasteiger partial charge in [-0.2, -0.15) is 5.10 Å². The van der Waals surface area contributed by atoms with Gasteiger partial charge in [-0.15, -0.1) is 0 Å². The summed E-state index contributed by atoms with van der Waals surface area (Å²) in [5.74, 6) is 0.635. The Morgan fingerprint density at radius 2 is 2.26 bits per heavy atom. The van der Waals surface area contributed by atoms with Crippen molar-refractivity contribution in [3.05, 3.63) is 12.4 Å². The van der Waals surface area contributed by atoms with Crippen molar-refractivity contribution in [2.24, 2.45) is 5.92 Å². The van der Waals surface area contributed by atoms with Gasteiger partial charge in [-0.05, 0) is 31.6 Å². The van der Waals surface area contributed by atoms with E-state index in [1.54, 1.807) is 0 Å². The summed E-state index contributed by atoms with van der Waals surface area (Å²) in [6.45, 7) is 4.56. The zero-order valence-electron chi connectivity index (χ0n) is 11.4. The van der Waals surface area contributed by atoms with Crippen LogP contribution in [0.25, 0.3) is 0 Å². The van der Waals surface area contributed by atoms with Gasteiger partial charge in [0.05, 0.1) is 31.1 Å². The van der Waals surface area contributed by atoms with Gasteiger partial charge < -0.3 is 14.8 Å². The first-order valence-electron chi connectivity index (χ1n) is 7.36. The van der Waals surface area contributed by atoms with Crippen LogP contribution in [0.5, 0.6) is 0 Å².